The van der Waals surface area contributed by atoms with Crippen molar-refractivity contribution in [1.82, 2.24) is 0 Å². The van der Waals surface area contributed by atoms with E-state index < -0.39 is 9.84 Å². The molecule has 1 saturated heterocycles. The van der Waals surface area contributed by atoms with Gasteiger partial charge in [-0.2, -0.15) is 0 Å². The van der Waals surface area contributed by atoms with Crippen LogP contribution in [0, 0.1) is 0 Å². The van der Waals surface area contributed by atoms with Crippen LogP contribution in [-0.2, 0) is 9.84 Å². The van der Waals surface area contributed by atoms with E-state index in [2.05, 4.69) is 21.2 Å². The standard InChI is InChI=1S/C10H12BrNO2S/c11-8-1-3-9(4-2-8)12-10-5-6-15(13,14)7-10/h1-4,10,12H,5-7H2. The highest BCUT2D eigenvalue weighted by Gasteiger charge is 2.27. The Kier molecular flexibility index (Phi) is 3.02. The van der Waals surface area contributed by atoms with Gasteiger partial charge in [-0.25, -0.2) is 8.42 Å². The maximum Gasteiger partial charge on any atom is 0.152 e. The number of hydrogen-bond donors (Lipinski definition) is 1. The molecule has 82 valence electrons. The lowest BCUT2D eigenvalue weighted by Gasteiger charge is -2.11. The van der Waals surface area contributed by atoms with Crippen LogP contribution in [0.1, 0.15) is 6.42 Å². The predicted octanol–water partition coefficient (Wildman–Crippen LogP) is 2.05. The number of nitrogens with one attached hydrogen (secondary N) is 1. The highest BCUT2D eigenvalue weighted by atomic mass is 79.9. The third-order valence-corrected chi connectivity index (χ3v) is 4.74. The van der Waals surface area contributed by atoms with E-state index in [-0.39, 0.29) is 11.8 Å². The second-order valence-electron chi connectivity index (χ2n) is 3.75. The Hall–Kier alpha value is -0.550. The summed E-state index contributed by atoms with van der Waals surface area (Å²) in [4.78, 5) is 0. The molecule has 1 aromatic carbocycles. The molecular formula is C10H12BrNO2S. The monoisotopic (exact) mass is 289 g/mol. The quantitative estimate of drug-likeness (QED) is 0.906. The minimum absolute atomic E-state index is 0.0659. The minimum atomic E-state index is -2.80. The molecule has 0 spiro atoms. The number of halogens is 1. The van der Waals surface area contributed by atoms with Crippen LogP contribution >= 0.6 is 15.9 Å². The fourth-order valence-corrected chi connectivity index (χ4v) is 3.63. The van der Waals surface area contributed by atoms with Crippen molar-refractivity contribution in [3.8, 4) is 0 Å². The van der Waals surface area contributed by atoms with Gasteiger partial charge in [0.1, 0.15) is 0 Å². The molecule has 1 aliphatic heterocycles. The van der Waals surface area contributed by atoms with Crippen LogP contribution in [0.25, 0.3) is 0 Å². The van der Waals surface area contributed by atoms with Crippen molar-refractivity contribution in [2.24, 2.45) is 0 Å². The van der Waals surface area contributed by atoms with Crippen LogP contribution in [0.5, 0.6) is 0 Å². The molecule has 1 atom stereocenters. The largest absolute Gasteiger partial charge is 0.381 e. The zero-order valence-electron chi connectivity index (χ0n) is 8.11. The molecule has 5 heteroatoms. The van der Waals surface area contributed by atoms with Crippen molar-refractivity contribution >= 4 is 31.5 Å². The number of hydrogen-bond acceptors (Lipinski definition) is 3. The molecule has 2 rings (SSSR count). The number of anilines is 1. The van der Waals surface area contributed by atoms with Crippen molar-refractivity contribution in [3.05, 3.63) is 28.7 Å². The van der Waals surface area contributed by atoms with Crippen molar-refractivity contribution in [2.45, 2.75) is 12.5 Å². The molecule has 3 nitrogen and oxygen atoms in total. The molecular weight excluding hydrogens is 278 g/mol. The molecule has 1 fully saturated rings. The Bertz CT molecular complexity index is 441. The van der Waals surface area contributed by atoms with Gasteiger partial charge in [0.2, 0.25) is 0 Å². The molecule has 0 radical (unpaired) electrons. The van der Waals surface area contributed by atoms with E-state index >= 15 is 0 Å². The Labute approximate surface area is 97.9 Å². The van der Waals surface area contributed by atoms with Gasteiger partial charge in [0.05, 0.1) is 11.5 Å². The van der Waals surface area contributed by atoms with Crippen molar-refractivity contribution in [2.75, 3.05) is 16.8 Å². The molecule has 15 heavy (non-hydrogen) atoms. The van der Waals surface area contributed by atoms with Gasteiger partial charge in [0.25, 0.3) is 0 Å². The summed E-state index contributed by atoms with van der Waals surface area (Å²) in [6.45, 7) is 0. The summed E-state index contributed by atoms with van der Waals surface area (Å²) in [5.41, 5.74) is 0.973. The van der Waals surface area contributed by atoms with Crippen LogP contribution in [0.15, 0.2) is 28.7 Å². The van der Waals surface area contributed by atoms with Gasteiger partial charge in [0, 0.05) is 16.2 Å². The Morgan fingerprint density at radius 1 is 1.27 bits per heavy atom. The van der Waals surface area contributed by atoms with E-state index in [4.69, 9.17) is 0 Å². The first kappa shape index (κ1) is 11.0. The highest BCUT2D eigenvalue weighted by molar-refractivity contribution is 9.10. The Balaban J connectivity index is 2.02. The SMILES string of the molecule is O=S1(=O)CCC(Nc2ccc(Br)cc2)C1. The van der Waals surface area contributed by atoms with E-state index in [1.54, 1.807) is 0 Å². The third kappa shape index (κ3) is 2.95. The number of rotatable bonds is 2. The maximum absolute atomic E-state index is 11.2. The first-order valence-corrected chi connectivity index (χ1v) is 7.39. The fourth-order valence-electron chi connectivity index (χ4n) is 1.69. The van der Waals surface area contributed by atoms with E-state index in [9.17, 15) is 8.42 Å². The fraction of sp³-hybridized carbons (Fsp3) is 0.400. The average molecular weight is 290 g/mol. The zero-order valence-corrected chi connectivity index (χ0v) is 10.5. The third-order valence-electron chi connectivity index (χ3n) is 2.45. The highest BCUT2D eigenvalue weighted by Crippen LogP contribution is 2.19. The van der Waals surface area contributed by atoms with Crippen molar-refractivity contribution < 1.29 is 8.42 Å². The Morgan fingerprint density at radius 3 is 2.47 bits per heavy atom. The van der Waals surface area contributed by atoms with Crippen molar-refractivity contribution in [1.29, 1.82) is 0 Å². The lowest BCUT2D eigenvalue weighted by Crippen LogP contribution is -2.20. The van der Waals surface area contributed by atoms with E-state index in [0.717, 1.165) is 10.2 Å². The minimum Gasteiger partial charge on any atom is -0.381 e. The van der Waals surface area contributed by atoms with Crippen LogP contribution in [0.4, 0.5) is 5.69 Å². The molecule has 1 N–H and O–H groups in total. The molecule has 1 heterocycles. The van der Waals surface area contributed by atoms with Gasteiger partial charge >= 0.3 is 0 Å². The summed E-state index contributed by atoms with van der Waals surface area (Å²) in [5, 5.41) is 3.22. The average Bonchev–Trinajstić information content (AvgIpc) is 2.50. The van der Waals surface area contributed by atoms with Gasteiger partial charge in [0.15, 0.2) is 9.84 Å². The molecule has 1 aliphatic rings. The second-order valence-corrected chi connectivity index (χ2v) is 6.90. The number of benzene rings is 1. The van der Waals surface area contributed by atoms with Crippen LogP contribution in [0.2, 0.25) is 0 Å². The molecule has 1 aromatic rings. The summed E-state index contributed by atoms with van der Waals surface area (Å²) in [7, 11) is -2.80. The van der Waals surface area contributed by atoms with E-state index in [0.29, 0.717) is 12.2 Å². The normalized spacial score (nSPS) is 23.9. The molecule has 0 aliphatic carbocycles. The van der Waals surface area contributed by atoms with Crippen molar-refractivity contribution in [3.63, 3.8) is 0 Å². The Morgan fingerprint density at radius 2 is 1.93 bits per heavy atom. The summed E-state index contributed by atoms with van der Waals surface area (Å²) >= 11 is 3.35. The summed E-state index contributed by atoms with van der Waals surface area (Å²) < 4.78 is 23.5. The second kappa shape index (κ2) is 4.14. The summed E-state index contributed by atoms with van der Waals surface area (Å²) in [6.07, 6.45) is 0.707. The summed E-state index contributed by atoms with van der Waals surface area (Å²) in [5.74, 6) is 0.560. The number of sulfone groups is 1. The van der Waals surface area contributed by atoms with Crippen LogP contribution in [-0.4, -0.2) is 26.0 Å². The molecule has 0 bridgehead atoms. The zero-order chi connectivity index (χ0) is 10.9. The molecule has 0 aromatic heterocycles. The lowest BCUT2D eigenvalue weighted by atomic mass is 10.2. The smallest absolute Gasteiger partial charge is 0.152 e. The lowest BCUT2D eigenvalue weighted by molar-refractivity contribution is 0.602. The maximum atomic E-state index is 11.2. The molecule has 1 unspecified atom stereocenters. The van der Waals surface area contributed by atoms with Gasteiger partial charge in [-0.05, 0) is 30.7 Å². The first-order chi connectivity index (χ1) is 7.05. The van der Waals surface area contributed by atoms with E-state index in [1.165, 1.54) is 0 Å². The van der Waals surface area contributed by atoms with Crippen LogP contribution < -0.4 is 5.32 Å². The van der Waals surface area contributed by atoms with Crippen LogP contribution in [0.3, 0.4) is 0 Å². The molecule has 0 saturated carbocycles. The molecule has 0 amide bonds. The van der Waals surface area contributed by atoms with Gasteiger partial charge < -0.3 is 5.32 Å². The summed E-state index contributed by atoms with van der Waals surface area (Å²) in [6, 6.07) is 7.82. The predicted molar refractivity (Wildman–Crippen MR) is 64.8 cm³/mol. The van der Waals surface area contributed by atoms with Gasteiger partial charge in [-0.3, -0.25) is 0 Å². The van der Waals surface area contributed by atoms with Gasteiger partial charge in [-0.15, -0.1) is 0 Å². The van der Waals surface area contributed by atoms with E-state index in [1.807, 2.05) is 24.3 Å². The topological polar surface area (TPSA) is 46.2 Å². The van der Waals surface area contributed by atoms with Gasteiger partial charge in [-0.1, -0.05) is 15.9 Å². The first-order valence-electron chi connectivity index (χ1n) is 4.78.